The fourth-order valence-corrected chi connectivity index (χ4v) is 1.54. The average Bonchev–Trinajstić information content (AvgIpc) is 2.49. The van der Waals surface area contributed by atoms with E-state index in [2.05, 4.69) is 15.1 Å². The van der Waals surface area contributed by atoms with E-state index < -0.39 is 0 Å². The van der Waals surface area contributed by atoms with Gasteiger partial charge in [0.15, 0.2) is 5.65 Å². The number of aliphatic hydroxyl groups excluding tert-OH is 1. The summed E-state index contributed by atoms with van der Waals surface area (Å²) < 4.78 is 1.61. The number of nitrogens with zero attached hydrogens (tertiary/aromatic N) is 4. The molecule has 0 aliphatic heterocycles. The van der Waals surface area contributed by atoms with Gasteiger partial charge in [0.2, 0.25) is 0 Å². The molecule has 0 atom stereocenters. The number of aliphatic hydroxyl groups is 1. The van der Waals surface area contributed by atoms with Gasteiger partial charge >= 0.3 is 0 Å². The molecule has 0 saturated carbocycles. The number of aryl methyl sites for hydroxylation is 1. The number of rotatable bonds is 2. The molecule has 2 heterocycles. The zero-order valence-corrected chi connectivity index (χ0v) is 8.36. The van der Waals surface area contributed by atoms with Crippen molar-refractivity contribution in [1.82, 2.24) is 19.7 Å². The molecule has 5 nitrogen and oxygen atoms in total. The van der Waals surface area contributed by atoms with Crippen LogP contribution in [0.4, 0.5) is 0 Å². The van der Waals surface area contributed by atoms with Crippen molar-refractivity contribution in [2.75, 3.05) is 6.61 Å². The molecule has 0 fully saturated rings. The molecule has 0 bridgehead atoms. The number of halogens is 1. The summed E-state index contributed by atoms with van der Waals surface area (Å²) in [6.45, 7) is 2.20. The van der Waals surface area contributed by atoms with Gasteiger partial charge in [-0.2, -0.15) is 5.10 Å². The molecule has 2 aromatic heterocycles. The number of hydrogen-bond acceptors (Lipinski definition) is 4. The van der Waals surface area contributed by atoms with Gasteiger partial charge in [0.1, 0.15) is 11.0 Å². The van der Waals surface area contributed by atoms with Crippen molar-refractivity contribution in [3.63, 3.8) is 0 Å². The van der Waals surface area contributed by atoms with E-state index in [1.807, 2.05) is 0 Å². The Morgan fingerprint density at radius 1 is 1.50 bits per heavy atom. The normalized spacial score (nSPS) is 11.1. The first-order valence-corrected chi connectivity index (χ1v) is 4.56. The summed E-state index contributed by atoms with van der Waals surface area (Å²) in [6.07, 6.45) is 1.60. The molecule has 1 N–H and O–H groups in total. The first-order valence-electron chi connectivity index (χ1n) is 4.19. The molecule has 0 amide bonds. The van der Waals surface area contributed by atoms with E-state index in [9.17, 15) is 0 Å². The minimum absolute atomic E-state index is 0.0252. The fraction of sp³-hybridized carbons (Fsp3) is 0.375. The Balaban J connectivity index is 2.66. The van der Waals surface area contributed by atoms with Gasteiger partial charge in [-0.3, -0.25) is 0 Å². The first kappa shape index (κ1) is 9.36. The van der Waals surface area contributed by atoms with Crippen molar-refractivity contribution < 1.29 is 5.11 Å². The lowest BCUT2D eigenvalue weighted by Crippen LogP contribution is -2.05. The summed E-state index contributed by atoms with van der Waals surface area (Å²) in [5, 5.41) is 14.0. The standard InChI is InChI=1S/C8H9ClN4O/c1-5-11-7(9)6-4-10-13(2-3-14)8(6)12-5/h4,14H,2-3H2,1H3. The SMILES string of the molecule is Cc1nc(Cl)c2cnn(CCO)c2n1. The number of fused-ring (bicyclic) bond motifs is 1. The van der Waals surface area contributed by atoms with Crippen LogP contribution in [0.15, 0.2) is 6.20 Å². The zero-order valence-electron chi connectivity index (χ0n) is 7.61. The second-order valence-corrected chi connectivity index (χ2v) is 3.25. The van der Waals surface area contributed by atoms with Gasteiger partial charge in [-0.15, -0.1) is 0 Å². The van der Waals surface area contributed by atoms with E-state index in [-0.39, 0.29) is 6.61 Å². The second kappa shape index (κ2) is 3.51. The molecular formula is C8H9ClN4O. The molecular weight excluding hydrogens is 204 g/mol. The molecule has 0 radical (unpaired) electrons. The number of hydrogen-bond donors (Lipinski definition) is 1. The maximum atomic E-state index is 8.80. The Hall–Kier alpha value is -1.20. The Kier molecular flexibility index (Phi) is 2.35. The summed E-state index contributed by atoms with van der Waals surface area (Å²) in [6, 6.07) is 0. The smallest absolute Gasteiger partial charge is 0.163 e. The summed E-state index contributed by atoms with van der Waals surface area (Å²) in [5.41, 5.74) is 0.663. The third kappa shape index (κ3) is 1.44. The first-order chi connectivity index (χ1) is 6.72. The predicted molar refractivity (Wildman–Crippen MR) is 52.2 cm³/mol. The Bertz CT molecular complexity index is 468. The molecule has 14 heavy (non-hydrogen) atoms. The lowest BCUT2D eigenvalue weighted by atomic mass is 10.4. The van der Waals surface area contributed by atoms with Crippen molar-refractivity contribution >= 4 is 22.6 Å². The largest absolute Gasteiger partial charge is 0.394 e. The van der Waals surface area contributed by atoms with Crippen LogP contribution in [0.5, 0.6) is 0 Å². The van der Waals surface area contributed by atoms with Crippen molar-refractivity contribution in [2.45, 2.75) is 13.5 Å². The monoisotopic (exact) mass is 212 g/mol. The summed E-state index contributed by atoms with van der Waals surface area (Å²) in [7, 11) is 0. The van der Waals surface area contributed by atoms with E-state index in [1.54, 1.807) is 17.8 Å². The maximum absolute atomic E-state index is 8.80. The van der Waals surface area contributed by atoms with Crippen LogP contribution in [0.25, 0.3) is 11.0 Å². The van der Waals surface area contributed by atoms with E-state index in [0.717, 1.165) is 0 Å². The van der Waals surface area contributed by atoms with Crippen molar-refractivity contribution in [2.24, 2.45) is 0 Å². The highest BCUT2D eigenvalue weighted by Gasteiger charge is 2.08. The van der Waals surface area contributed by atoms with Crippen LogP contribution in [0.3, 0.4) is 0 Å². The van der Waals surface area contributed by atoms with Gasteiger partial charge in [0.05, 0.1) is 24.7 Å². The van der Waals surface area contributed by atoms with Gasteiger partial charge in [-0.1, -0.05) is 11.6 Å². The van der Waals surface area contributed by atoms with Gasteiger partial charge in [0.25, 0.3) is 0 Å². The van der Waals surface area contributed by atoms with Crippen LogP contribution >= 0.6 is 11.6 Å². The molecule has 0 aliphatic rings. The Morgan fingerprint density at radius 2 is 2.29 bits per heavy atom. The quantitative estimate of drug-likeness (QED) is 0.748. The van der Waals surface area contributed by atoms with E-state index in [1.165, 1.54) is 0 Å². The summed E-state index contributed by atoms with van der Waals surface area (Å²) in [4.78, 5) is 8.22. The molecule has 6 heteroatoms. The molecule has 0 aromatic carbocycles. The molecule has 0 spiro atoms. The second-order valence-electron chi connectivity index (χ2n) is 2.89. The molecule has 0 saturated heterocycles. The van der Waals surface area contributed by atoms with Crippen molar-refractivity contribution in [1.29, 1.82) is 0 Å². The van der Waals surface area contributed by atoms with E-state index in [0.29, 0.717) is 28.6 Å². The highest BCUT2D eigenvalue weighted by Crippen LogP contribution is 2.19. The highest BCUT2D eigenvalue weighted by atomic mass is 35.5. The third-order valence-electron chi connectivity index (χ3n) is 1.87. The van der Waals surface area contributed by atoms with Crippen LogP contribution in [0, 0.1) is 6.92 Å². The maximum Gasteiger partial charge on any atom is 0.163 e. The van der Waals surface area contributed by atoms with Crippen LogP contribution in [0.1, 0.15) is 5.82 Å². The number of aromatic nitrogens is 4. The van der Waals surface area contributed by atoms with Gasteiger partial charge in [-0.25, -0.2) is 14.6 Å². The lowest BCUT2D eigenvalue weighted by Gasteiger charge is -2.00. The van der Waals surface area contributed by atoms with Crippen LogP contribution in [-0.2, 0) is 6.54 Å². The average molecular weight is 213 g/mol. The van der Waals surface area contributed by atoms with Crippen molar-refractivity contribution in [3.05, 3.63) is 17.2 Å². The van der Waals surface area contributed by atoms with Gasteiger partial charge in [0, 0.05) is 0 Å². The van der Waals surface area contributed by atoms with Crippen molar-refractivity contribution in [3.8, 4) is 0 Å². The molecule has 0 unspecified atom stereocenters. The Morgan fingerprint density at radius 3 is 3.00 bits per heavy atom. The summed E-state index contributed by atoms with van der Waals surface area (Å²) in [5.74, 6) is 0.599. The molecule has 74 valence electrons. The predicted octanol–water partition coefficient (Wildman–Crippen LogP) is 0.780. The van der Waals surface area contributed by atoms with Crippen LogP contribution < -0.4 is 0 Å². The lowest BCUT2D eigenvalue weighted by molar-refractivity contribution is 0.271. The Labute approximate surface area is 85.4 Å². The minimum atomic E-state index is 0.0252. The van der Waals surface area contributed by atoms with Crippen LogP contribution in [-0.4, -0.2) is 31.5 Å². The molecule has 2 rings (SSSR count). The van der Waals surface area contributed by atoms with E-state index in [4.69, 9.17) is 16.7 Å². The molecule has 2 aromatic rings. The van der Waals surface area contributed by atoms with Gasteiger partial charge < -0.3 is 5.11 Å². The third-order valence-corrected chi connectivity index (χ3v) is 2.16. The summed E-state index contributed by atoms with van der Waals surface area (Å²) >= 11 is 5.91. The topological polar surface area (TPSA) is 63.8 Å². The van der Waals surface area contributed by atoms with Gasteiger partial charge in [-0.05, 0) is 6.92 Å². The molecule has 0 aliphatic carbocycles. The van der Waals surface area contributed by atoms with E-state index >= 15 is 0 Å². The fourth-order valence-electron chi connectivity index (χ4n) is 1.28. The zero-order chi connectivity index (χ0) is 10.1. The van der Waals surface area contributed by atoms with Crippen LogP contribution in [0.2, 0.25) is 5.15 Å². The highest BCUT2D eigenvalue weighted by molar-refractivity contribution is 6.33. The minimum Gasteiger partial charge on any atom is -0.394 e.